The van der Waals surface area contributed by atoms with Crippen LogP contribution in [-0.4, -0.2) is 36.1 Å². The molecule has 0 radical (unpaired) electrons. The molecule has 39 heavy (non-hydrogen) atoms. The van der Waals surface area contributed by atoms with Gasteiger partial charge in [0.1, 0.15) is 5.75 Å². The minimum Gasteiger partial charge on any atom is -0.454 e. The van der Waals surface area contributed by atoms with Gasteiger partial charge < -0.3 is 9.47 Å². The molecule has 0 aromatic heterocycles. The van der Waals surface area contributed by atoms with E-state index in [1.54, 1.807) is 42.5 Å². The van der Waals surface area contributed by atoms with Crippen LogP contribution in [0, 0.1) is 0 Å². The normalized spacial score (nSPS) is 12.2. The zero-order chi connectivity index (χ0) is 27.5. The number of fused-ring (bicyclic) bond motifs is 1. The van der Waals surface area contributed by atoms with Gasteiger partial charge in [0.25, 0.3) is 11.8 Å². The summed E-state index contributed by atoms with van der Waals surface area (Å²) in [5.41, 5.74) is 1.06. The number of ether oxygens (including phenoxy) is 2. The van der Waals surface area contributed by atoms with Gasteiger partial charge in [-0.3, -0.25) is 14.4 Å². The molecular formula is C30H18ClNO7. The molecule has 8 nitrogen and oxygen atoms in total. The summed E-state index contributed by atoms with van der Waals surface area (Å²) in [5, 5.41) is 0.486. The van der Waals surface area contributed by atoms with Crippen LogP contribution in [0.15, 0.2) is 97.1 Å². The number of hydrogen-bond acceptors (Lipinski definition) is 7. The number of benzene rings is 4. The molecule has 0 spiro atoms. The van der Waals surface area contributed by atoms with E-state index >= 15 is 0 Å². The van der Waals surface area contributed by atoms with E-state index in [0.717, 1.165) is 4.90 Å². The van der Waals surface area contributed by atoms with E-state index in [1.165, 1.54) is 54.6 Å². The number of ketones is 1. The zero-order valence-corrected chi connectivity index (χ0v) is 20.9. The number of rotatable bonds is 7. The number of imide groups is 1. The Kier molecular flexibility index (Phi) is 7.03. The average Bonchev–Trinajstić information content (AvgIpc) is 3.22. The van der Waals surface area contributed by atoms with Crippen molar-refractivity contribution in [2.75, 3.05) is 11.5 Å². The molecule has 5 rings (SSSR count). The van der Waals surface area contributed by atoms with Crippen molar-refractivity contribution in [2.45, 2.75) is 0 Å². The maximum atomic E-state index is 13.1. The van der Waals surface area contributed by atoms with Gasteiger partial charge in [-0.15, -0.1) is 0 Å². The predicted molar refractivity (Wildman–Crippen MR) is 141 cm³/mol. The first-order chi connectivity index (χ1) is 18.8. The highest BCUT2D eigenvalue weighted by molar-refractivity contribution is 6.34. The van der Waals surface area contributed by atoms with E-state index in [-0.39, 0.29) is 39.5 Å². The van der Waals surface area contributed by atoms with Gasteiger partial charge in [0.05, 0.1) is 27.9 Å². The second kappa shape index (κ2) is 10.7. The van der Waals surface area contributed by atoms with Gasteiger partial charge >= 0.3 is 11.9 Å². The number of anilines is 1. The summed E-state index contributed by atoms with van der Waals surface area (Å²) in [7, 11) is 0. The summed E-state index contributed by atoms with van der Waals surface area (Å²) < 4.78 is 10.4. The standard InChI is InChI=1S/C30H18ClNO7/c31-21-9-13-23(14-10-21)39-30(37)20-8-15-24-25(16-20)28(35)32(27(24)34)22-11-6-19(7-12-22)29(36)38-17-26(33)18-4-2-1-3-5-18/h1-16H,17H2. The first kappa shape index (κ1) is 25.6. The van der Waals surface area contributed by atoms with Crippen molar-refractivity contribution in [2.24, 2.45) is 0 Å². The summed E-state index contributed by atoms with van der Waals surface area (Å²) in [6.45, 7) is -0.425. The van der Waals surface area contributed by atoms with Crippen molar-refractivity contribution >= 4 is 46.8 Å². The van der Waals surface area contributed by atoms with E-state index in [0.29, 0.717) is 10.6 Å². The zero-order valence-electron chi connectivity index (χ0n) is 20.1. The lowest BCUT2D eigenvalue weighted by atomic mass is 10.1. The number of Topliss-reactive ketones (excluding diaryl/α,β-unsaturated/α-hetero) is 1. The monoisotopic (exact) mass is 539 g/mol. The Labute approximate surface area is 227 Å². The molecule has 9 heteroatoms. The largest absolute Gasteiger partial charge is 0.454 e. The number of nitrogens with zero attached hydrogens (tertiary/aromatic N) is 1. The maximum Gasteiger partial charge on any atom is 0.343 e. The van der Waals surface area contributed by atoms with E-state index in [1.807, 2.05) is 0 Å². The Bertz CT molecular complexity index is 1610. The minimum atomic E-state index is -0.725. The van der Waals surface area contributed by atoms with Crippen LogP contribution in [0.3, 0.4) is 0 Å². The topological polar surface area (TPSA) is 107 Å². The first-order valence-corrected chi connectivity index (χ1v) is 12.1. The van der Waals surface area contributed by atoms with Gasteiger partial charge in [-0.2, -0.15) is 0 Å². The number of hydrogen-bond donors (Lipinski definition) is 0. The van der Waals surface area contributed by atoms with Gasteiger partial charge in [0.2, 0.25) is 0 Å². The van der Waals surface area contributed by atoms with Crippen LogP contribution < -0.4 is 9.64 Å². The van der Waals surface area contributed by atoms with Crippen LogP contribution in [0.2, 0.25) is 5.02 Å². The number of carbonyl (C=O) groups is 5. The van der Waals surface area contributed by atoms with Crippen molar-refractivity contribution in [3.05, 3.63) is 130 Å². The molecule has 0 aliphatic carbocycles. The second-order valence-corrected chi connectivity index (χ2v) is 8.90. The van der Waals surface area contributed by atoms with Crippen molar-refractivity contribution in [3.8, 4) is 5.75 Å². The number of halogens is 1. The Hall–Kier alpha value is -5.08. The van der Waals surface area contributed by atoms with Gasteiger partial charge in [-0.25, -0.2) is 14.5 Å². The van der Waals surface area contributed by atoms with Crippen molar-refractivity contribution in [1.82, 2.24) is 0 Å². The first-order valence-electron chi connectivity index (χ1n) is 11.7. The summed E-state index contributed by atoms with van der Waals surface area (Å²) in [6.07, 6.45) is 0. The van der Waals surface area contributed by atoms with Crippen LogP contribution in [0.25, 0.3) is 0 Å². The van der Waals surface area contributed by atoms with Gasteiger partial charge in [-0.05, 0) is 66.7 Å². The molecule has 1 aliphatic rings. The lowest BCUT2D eigenvalue weighted by molar-refractivity contribution is 0.0474. The quantitative estimate of drug-likeness (QED) is 0.134. The molecule has 4 aromatic carbocycles. The highest BCUT2D eigenvalue weighted by Gasteiger charge is 2.37. The summed E-state index contributed by atoms with van der Waals surface area (Å²) >= 11 is 5.84. The highest BCUT2D eigenvalue weighted by Crippen LogP contribution is 2.30. The van der Waals surface area contributed by atoms with Crippen molar-refractivity contribution in [3.63, 3.8) is 0 Å². The molecule has 0 saturated carbocycles. The van der Waals surface area contributed by atoms with Crippen LogP contribution in [0.5, 0.6) is 5.75 Å². The summed E-state index contributed by atoms with van der Waals surface area (Å²) in [6, 6.07) is 24.4. The van der Waals surface area contributed by atoms with Gasteiger partial charge in [0, 0.05) is 10.6 Å². The molecule has 192 valence electrons. The fraction of sp³-hybridized carbons (Fsp3) is 0.0333. The molecule has 4 aromatic rings. The third-order valence-electron chi connectivity index (χ3n) is 5.94. The van der Waals surface area contributed by atoms with Gasteiger partial charge in [0.15, 0.2) is 12.4 Å². The highest BCUT2D eigenvalue weighted by atomic mass is 35.5. The van der Waals surface area contributed by atoms with Crippen LogP contribution in [-0.2, 0) is 4.74 Å². The summed E-state index contributed by atoms with van der Waals surface area (Å²) in [4.78, 5) is 64.2. The van der Waals surface area contributed by atoms with E-state index in [9.17, 15) is 24.0 Å². The Morgan fingerprint density at radius 2 is 1.31 bits per heavy atom. The molecule has 0 N–H and O–H groups in total. The van der Waals surface area contributed by atoms with Crippen molar-refractivity contribution in [1.29, 1.82) is 0 Å². The lowest BCUT2D eigenvalue weighted by Crippen LogP contribution is -2.29. The molecule has 0 atom stereocenters. The number of esters is 2. The second-order valence-electron chi connectivity index (χ2n) is 8.46. The molecule has 2 amide bonds. The predicted octanol–water partition coefficient (Wildman–Crippen LogP) is 5.40. The molecule has 0 bridgehead atoms. The number of amides is 2. The third kappa shape index (κ3) is 5.32. The average molecular weight is 540 g/mol. The molecule has 1 heterocycles. The SMILES string of the molecule is O=C(COC(=O)c1ccc(N2C(=O)c3ccc(C(=O)Oc4ccc(Cl)cc4)cc3C2=O)cc1)c1ccccc1. The van der Waals surface area contributed by atoms with E-state index in [2.05, 4.69) is 0 Å². The Morgan fingerprint density at radius 1 is 0.667 bits per heavy atom. The summed E-state index contributed by atoms with van der Waals surface area (Å²) in [5.74, 6) is -2.69. The van der Waals surface area contributed by atoms with Crippen LogP contribution >= 0.6 is 11.6 Å². The lowest BCUT2D eigenvalue weighted by Gasteiger charge is -2.14. The molecule has 0 unspecified atom stereocenters. The minimum absolute atomic E-state index is 0.0495. The number of carbonyl (C=O) groups excluding carboxylic acids is 5. The third-order valence-corrected chi connectivity index (χ3v) is 6.19. The van der Waals surface area contributed by atoms with Crippen LogP contribution in [0.4, 0.5) is 5.69 Å². The van der Waals surface area contributed by atoms with E-state index in [4.69, 9.17) is 21.1 Å². The van der Waals surface area contributed by atoms with Crippen LogP contribution in [0.1, 0.15) is 51.8 Å². The van der Waals surface area contributed by atoms with E-state index < -0.39 is 30.4 Å². The molecule has 0 saturated heterocycles. The maximum absolute atomic E-state index is 13.1. The Morgan fingerprint density at radius 3 is 2.00 bits per heavy atom. The molecule has 1 aliphatic heterocycles. The van der Waals surface area contributed by atoms with Gasteiger partial charge in [-0.1, -0.05) is 41.9 Å². The molecular weight excluding hydrogens is 522 g/mol. The smallest absolute Gasteiger partial charge is 0.343 e. The fourth-order valence-corrected chi connectivity index (χ4v) is 4.07. The fourth-order valence-electron chi connectivity index (χ4n) is 3.94. The van der Waals surface area contributed by atoms with Crippen molar-refractivity contribution < 1.29 is 33.4 Å². The Balaban J connectivity index is 1.27. The molecule has 0 fully saturated rings.